The number of amides is 2. The van der Waals surface area contributed by atoms with Gasteiger partial charge < -0.3 is 15.5 Å². The number of hydrogen-bond donors (Lipinski definition) is 3. The molecule has 5 heteroatoms. The summed E-state index contributed by atoms with van der Waals surface area (Å²) < 4.78 is 0. The molecule has 1 aromatic carbocycles. The molecule has 3 N–H and O–H groups in total. The number of rotatable bonds is 5. The topological polar surface area (TPSA) is 62.6 Å². The van der Waals surface area contributed by atoms with Crippen molar-refractivity contribution in [2.75, 3.05) is 25.0 Å². The first-order valence-electron chi connectivity index (χ1n) is 8.87. The fraction of sp³-hybridized carbons (Fsp3) is 0.579. The standard InChI is InChI=1S/C19H29N3O2/c1-13-8-10-22(11-9-13)16(4)19(24)20-12-17(23)21-18-14(2)6-5-7-15(18)3/h5-7,13,16H,8-12H2,1-4H3,(H,20,24)(H,21,23)/p+1/t16-/m1/s1. The lowest BCUT2D eigenvalue weighted by Crippen LogP contribution is -3.17. The molecule has 5 nitrogen and oxygen atoms in total. The minimum Gasteiger partial charge on any atom is -0.342 e. The zero-order chi connectivity index (χ0) is 17.7. The molecule has 0 aromatic heterocycles. The van der Waals surface area contributed by atoms with Crippen LogP contribution in [0.5, 0.6) is 0 Å². The molecule has 1 saturated heterocycles. The van der Waals surface area contributed by atoms with Crippen molar-refractivity contribution in [1.29, 1.82) is 0 Å². The molecule has 132 valence electrons. The van der Waals surface area contributed by atoms with Crippen molar-refractivity contribution in [3.8, 4) is 0 Å². The van der Waals surface area contributed by atoms with Gasteiger partial charge in [-0.15, -0.1) is 0 Å². The predicted molar refractivity (Wildman–Crippen MR) is 96.1 cm³/mol. The van der Waals surface area contributed by atoms with Crippen LogP contribution in [0.4, 0.5) is 5.69 Å². The summed E-state index contributed by atoms with van der Waals surface area (Å²) in [5, 5.41) is 5.68. The molecule has 1 heterocycles. The molecule has 24 heavy (non-hydrogen) atoms. The number of likely N-dealkylation sites (tertiary alicyclic amines) is 1. The molecule has 0 spiro atoms. The minimum atomic E-state index is -0.185. The Morgan fingerprint density at radius 3 is 2.38 bits per heavy atom. The van der Waals surface area contributed by atoms with Crippen molar-refractivity contribution in [1.82, 2.24) is 5.32 Å². The average molecular weight is 332 g/mol. The minimum absolute atomic E-state index is 0.0145. The molecule has 0 saturated carbocycles. The van der Waals surface area contributed by atoms with Crippen LogP contribution in [0.15, 0.2) is 18.2 Å². The van der Waals surface area contributed by atoms with E-state index in [0.717, 1.165) is 35.8 Å². The van der Waals surface area contributed by atoms with E-state index in [1.165, 1.54) is 17.7 Å². The van der Waals surface area contributed by atoms with Gasteiger partial charge in [0.05, 0.1) is 19.6 Å². The maximum Gasteiger partial charge on any atom is 0.278 e. The predicted octanol–water partition coefficient (Wildman–Crippen LogP) is 1.06. The number of hydrogen-bond acceptors (Lipinski definition) is 2. The summed E-state index contributed by atoms with van der Waals surface area (Å²) in [4.78, 5) is 25.8. The quantitative estimate of drug-likeness (QED) is 0.755. The smallest absolute Gasteiger partial charge is 0.278 e. The fourth-order valence-corrected chi connectivity index (χ4v) is 3.27. The lowest BCUT2D eigenvalue weighted by Gasteiger charge is -2.31. The molecule has 2 amide bonds. The summed E-state index contributed by atoms with van der Waals surface area (Å²) in [5.41, 5.74) is 2.88. The summed E-state index contributed by atoms with van der Waals surface area (Å²) in [6.45, 7) is 10.2. The number of para-hydroxylation sites is 1. The van der Waals surface area contributed by atoms with Crippen LogP contribution in [-0.4, -0.2) is 37.5 Å². The van der Waals surface area contributed by atoms with Gasteiger partial charge in [-0.1, -0.05) is 25.1 Å². The Balaban J connectivity index is 1.81. The molecule has 0 aliphatic carbocycles. The highest BCUT2D eigenvalue weighted by Crippen LogP contribution is 2.18. The lowest BCUT2D eigenvalue weighted by molar-refractivity contribution is -0.920. The normalized spacial score (nSPS) is 21.8. The number of carbonyl (C=O) groups excluding carboxylic acids is 2. The maximum absolute atomic E-state index is 12.3. The molecular formula is C19H30N3O2+. The molecule has 1 aliphatic rings. The van der Waals surface area contributed by atoms with Crippen LogP contribution in [-0.2, 0) is 9.59 Å². The first-order valence-corrected chi connectivity index (χ1v) is 8.87. The first kappa shape index (κ1) is 18.5. The highest BCUT2D eigenvalue weighted by molar-refractivity contribution is 5.96. The van der Waals surface area contributed by atoms with Gasteiger partial charge in [-0.2, -0.15) is 0 Å². The zero-order valence-corrected chi connectivity index (χ0v) is 15.2. The number of quaternary nitrogens is 1. The van der Waals surface area contributed by atoms with Gasteiger partial charge in [-0.3, -0.25) is 9.59 Å². The number of anilines is 1. The molecule has 0 radical (unpaired) electrons. The Bertz CT molecular complexity index is 572. The van der Waals surface area contributed by atoms with Crippen LogP contribution in [0.2, 0.25) is 0 Å². The van der Waals surface area contributed by atoms with Gasteiger partial charge in [0.1, 0.15) is 0 Å². The van der Waals surface area contributed by atoms with Gasteiger partial charge in [-0.25, -0.2) is 0 Å². The summed E-state index contributed by atoms with van der Waals surface area (Å²) in [5.74, 6) is 0.526. The van der Waals surface area contributed by atoms with Crippen molar-refractivity contribution >= 4 is 17.5 Å². The lowest BCUT2D eigenvalue weighted by atomic mass is 9.98. The van der Waals surface area contributed by atoms with Crippen LogP contribution in [0.1, 0.15) is 37.8 Å². The number of aryl methyl sites for hydroxylation is 2. The highest BCUT2D eigenvalue weighted by atomic mass is 16.2. The summed E-state index contributed by atoms with van der Waals surface area (Å²) >= 11 is 0. The molecule has 1 atom stereocenters. The monoisotopic (exact) mass is 332 g/mol. The van der Waals surface area contributed by atoms with E-state index in [1.54, 1.807) is 0 Å². The van der Waals surface area contributed by atoms with Gasteiger partial charge in [0.2, 0.25) is 5.91 Å². The van der Waals surface area contributed by atoms with Gasteiger partial charge in [0, 0.05) is 5.69 Å². The van der Waals surface area contributed by atoms with Crippen LogP contribution < -0.4 is 15.5 Å². The Kier molecular flexibility index (Phi) is 6.37. The van der Waals surface area contributed by atoms with Crippen molar-refractivity contribution in [2.45, 2.75) is 46.6 Å². The van der Waals surface area contributed by atoms with E-state index >= 15 is 0 Å². The van der Waals surface area contributed by atoms with Crippen LogP contribution >= 0.6 is 0 Å². The number of carbonyl (C=O) groups is 2. The molecule has 1 aromatic rings. The Hall–Kier alpha value is -1.88. The molecule has 1 fully saturated rings. The van der Waals surface area contributed by atoms with Crippen molar-refractivity contribution in [3.05, 3.63) is 29.3 Å². The second-order valence-electron chi connectivity index (χ2n) is 7.10. The number of piperidine rings is 1. The van der Waals surface area contributed by atoms with Crippen LogP contribution in [0.25, 0.3) is 0 Å². The Morgan fingerprint density at radius 2 is 1.79 bits per heavy atom. The van der Waals surface area contributed by atoms with Crippen LogP contribution in [0, 0.1) is 19.8 Å². The summed E-state index contributed by atoms with van der Waals surface area (Å²) in [7, 11) is 0. The maximum atomic E-state index is 12.3. The summed E-state index contributed by atoms with van der Waals surface area (Å²) in [6, 6.07) is 5.78. The van der Waals surface area contributed by atoms with Gasteiger partial charge in [0.15, 0.2) is 6.04 Å². The second-order valence-corrected chi connectivity index (χ2v) is 7.10. The third-order valence-electron chi connectivity index (χ3n) is 5.09. The van der Waals surface area contributed by atoms with E-state index in [-0.39, 0.29) is 24.4 Å². The Labute approximate surface area is 144 Å². The van der Waals surface area contributed by atoms with E-state index in [1.807, 2.05) is 39.0 Å². The van der Waals surface area contributed by atoms with E-state index < -0.39 is 0 Å². The van der Waals surface area contributed by atoms with Gasteiger partial charge >= 0.3 is 0 Å². The van der Waals surface area contributed by atoms with E-state index in [4.69, 9.17) is 0 Å². The number of benzene rings is 1. The average Bonchev–Trinajstić information content (AvgIpc) is 2.56. The van der Waals surface area contributed by atoms with Crippen molar-refractivity contribution < 1.29 is 14.5 Å². The molecule has 1 aliphatic heterocycles. The largest absolute Gasteiger partial charge is 0.342 e. The zero-order valence-electron chi connectivity index (χ0n) is 15.2. The van der Waals surface area contributed by atoms with E-state index in [2.05, 4.69) is 17.6 Å². The van der Waals surface area contributed by atoms with Crippen LogP contribution in [0.3, 0.4) is 0 Å². The Morgan fingerprint density at radius 1 is 1.21 bits per heavy atom. The molecule has 2 rings (SSSR count). The first-order chi connectivity index (χ1) is 11.4. The third kappa shape index (κ3) is 4.81. The molecular weight excluding hydrogens is 302 g/mol. The van der Waals surface area contributed by atoms with Gasteiger partial charge in [-0.05, 0) is 50.7 Å². The van der Waals surface area contributed by atoms with E-state index in [9.17, 15) is 9.59 Å². The molecule has 0 unspecified atom stereocenters. The molecule has 0 bridgehead atoms. The second kappa shape index (κ2) is 8.29. The SMILES string of the molecule is Cc1cccc(C)c1NC(=O)CNC(=O)[C@@H](C)[NH+]1CCC(C)CC1. The van der Waals surface area contributed by atoms with Crippen molar-refractivity contribution in [2.24, 2.45) is 5.92 Å². The highest BCUT2D eigenvalue weighted by Gasteiger charge is 2.28. The fourth-order valence-electron chi connectivity index (χ4n) is 3.27. The number of nitrogens with one attached hydrogen (secondary N) is 3. The third-order valence-corrected chi connectivity index (χ3v) is 5.09. The summed E-state index contributed by atoms with van der Waals surface area (Å²) in [6.07, 6.45) is 2.33. The van der Waals surface area contributed by atoms with E-state index in [0.29, 0.717) is 0 Å². The van der Waals surface area contributed by atoms with Gasteiger partial charge in [0.25, 0.3) is 5.91 Å². The van der Waals surface area contributed by atoms with Crippen molar-refractivity contribution in [3.63, 3.8) is 0 Å².